The summed E-state index contributed by atoms with van der Waals surface area (Å²) in [7, 11) is 0. The quantitative estimate of drug-likeness (QED) is 0.476. The molecule has 2 aromatic heterocycles. The maximum absolute atomic E-state index is 12.2. The monoisotopic (exact) mass is 390 g/mol. The maximum Gasteiger partial charge on any atom is 0.296 e. The number of para-hydroxylation sites is 1. The number of nitrogens with zero attached hydrogens (tertiary/aromatic N) is 4. The van der Waals surface area contributed by atoms with Gasteiger partial charge in [-0.05, 0) is 35.9 Å². The molecule has 4 aromatic rings. The van der Waals surface area contributed by atoms with Crippen LogP contribution >= 0.6 is 11.6 Å². The van der Waals surface area contributed by atoms with Crippen LogP contribution in [-0.2, 0) is 6.54 Å². The molecule has 6 nitrogen and oxygen atoms in total. The standard InChI is InChI=1S/C21H15ClN4O2/c22-16-9-7-14(8-10-16)13-26-18-6-2-1-5-17(18)19(21(26)28)24-25-20(27)15-4-3-11-23-12-15/h1-12,28H,13H2. The molecule has 138 valence electrons. The number of aromatic hydroxyl groups is 1. The third-order valence-corrected chi connectivity index (χ3v) is 4.57. The molecule has 0 radical (unpaired) electrons. The molecular weight excluding hydrogens is 376 g/mol. The summed E-state index contributed by atoms with van der Waals surface area (Å²) in [4.78, 5) is 16.1. The van der Waals surface area contributed by atoms with Gasteiger partial charge >= 0.3 is 0 Å². The number of benzene rings is 2. The molecule has 0 aliphatic heterocycles. The first-order valence-electron chi connectivity index (χ1n) is 8.54. The van der Waals surface area contributed by atoms with Gasteiger partial charge in [-0.2, -0.15) is 0 Å². The van der Waals surface area contributed by atoms with E-state index >= 15 is 0 Å². The number of fused-ring (bicyclic) bond motifs is 1. The fraction of sp³-hybridized carbons (Fsp3) is 0.0476. The third-order valence-electron chi connectivity index (χ3n) is 4.32. The zero-order valence-electron chi connectivity index (χ0n) is 14.7. The van der Waals surface area contributed by atoms with E-state index in [0.29, 0.717) is 22.5 Å². The van der Waals surface area contributed by atoms with Crippen molar-refractivity contribution in [1.29, 1.82) is 0 Å². The van der Waals surface area contributed by atoms with Crippen LogP contribution in [0.25, 0.3) is 10.9 Å². The fourth-order valence-corrected chi connectivity index (χ4v) is 3.07. The number of aromatic nitrogens is 2. The number of pyridine rings is 1. The number of halogens is 1. The number of azo groups is 1. The summed E-state index contributed by atoms with van der Waals surface area (Å²) in [5, 5.41) is 19.9. The minimum atomic E-state index is -0.526. The zero-order valence-corrected chi connectivity index (χ0v) is 15.4. The highest BCUT2D eigenvalue weighted by Crippen LogP contribution is 2.39. The van der Waals surface area contributed by atoms with Crippen LogP contribution in [-0.4, -0.2) is 20.6 Å². The van der Waals surface area contributed by atoms with Gasteiger partial charge in [-0.25, -0.2) is 0 Å². The van der Waals surface area contributed by atoms with E-state index in [1.165, 1.54) is 6.20 Å². The van der Waals surface area contributed by atoms with Gasteiger partial charge in [0.1, 0.15) is 0 Å². The smallest absolute Gasteiger partial charge is 0.296 e. The average molecular weight is 391 g/mol. The summed E-state index contributed by atoms with van der Waals surface area (Å²) in [6, 6.07) is 18.1. The van der Waals surface area contributed by atoms with Crippen molar-refractivity contribution in [3.63, 3.8) is 0 Å². The van der Waals surface area contributed by atoms with E-state index in [1.54, 1.807) is 35.0 Å². The van der Waals surface area contributed by atoms with Crippen LogP contribution in [0.2, 0.25) is 5.02 Å². The van der Waals surface area contributed by atoms with E-state index in [-0.39, 0.29) is 11.6 Å². The van der Waals surface area contributed by atoms with E-state index < -0.39 is 5.91 Å². The Hall–Kier alpha value is -3.51. The highest BCUT2D eigenvalue weighted by atomic mass is 35.5. The van der Waals surface area contributed by atoms with Crippen molar-refractivity contribution in [2.75, 3.05) is 0 Å². The minimum absolute atomic E-state index is 0.0566. The van der Waals surface area contributed by atoms with Gasteiger partial charge in [0, 0.05) is 22.8 Å². The van der Waals surface area contributed by atoms with Gasteiger partial charge in [0.05, 0.1) is 17.6 Å². The number of hydrogen-bond acceptors (Lipinski definition) is 4. The number of amides is 1. The van der Waals surface area contributed by atoms with E-state index in [9.17, 15) is 9.90 Å². The number of rotatable bonds is 4. The summed E-state index contributed by atoms with van der Waals surface area (Å²) in [6.45, 7) is 0.426. The van der Waals surface area contributed by atoms with Gasteiger partial charge in [-0.1, -0.05) is 41.9 Å². The molecule has 2 aromatic carbocycles. The largest absolute Gasteiger partial charge is 0.493 e. The van der Waals surface area contributed by atoms with Crippen LogP contribution in [0.5, 0.6) is 5.88 Å². The molecule has 0 aliphatic rings. The second kappa shape index (κ2) is 7.62. The lowest BCUT2D eigenvalue weighted by Crippen LogP contribution is -1.98. The van der Waals surface area contributed by atoms with Crippen LogP contribution in [0.4, 0.5) is 5.69 Å². The van der Waals surface area contributed by atoms with Crippen molar-refractivity contribution < 1.29 is 9.90 Å². The lowest BCUT2D eigenvalue weighted by Gasteiger charge is -2.07. The Morgan fingerprint density at radius 2 is 1.86 bits per heavy atom. The predicted octanol–water partition coefficient (Wildman–Crippen LogP) is 5.37. The predicted molar refractivity (Wildman–Crippen MR) is 107 cm³/mol. The molecule has 0 saturated carbocycles. The van der Waals surface area contributed by atoms with Crippen LogP contribution in [0.1, 0.15) is 15.9 Å². The van der Waals surface area contributed by atoms with Crippen molar-refractivity contribution in [2.24, 2.45) is 10.2 Å². The van der Waals surface area contributed by atoms with Crippen LogP contribution in [0, 0.1) is 0 Å². The van der Waals surface area contributed by atoms with Gasteiger partial charge in [0.15, 0.2) is 5.69 Å². The highest BCUT2D eigenvalue weighted by molar-refractivity contribution is 6.30. The Balaban J connectivity index is 1.73. The second-order valence-corrected chi connectivity index (χ2v) is 6.59. The minimum Gasteiger partial charge on any atom is -0.493 e. The molecule has 1 amide bonds. The topological polar surface area (TPSA) is 79.8 Å². The summed E-state index contributed by atoms with van der Waals surface area (Å²) in [5.41, 5.74) is 2.34. The molecule has 0 atom stereocenters. The van der Waals surface area contributed by atoms with Gasteiger partial charge in [-0.15, -0.1) is 10.2 Å². The molecule has 2 heterocycles. The molecule has 0 unspecified atom stereocenters. The third kappa shape index (κ3) is 3.50. The first-order chi connectivity index (χ1) is 13.6. The van der Waals surface area contributed by atoms with E-state index in [0.717, 1.165) is 11.1 Å². The molecule has 28 heavy (non-hydrogen) atoms. The Morgan fingerprint density at radius 3 is 2.61 bits per heavy atom. The van der Waals surface area contributed by atoms with Crippen LogP contribution in [0.3, 0.4) is 0 Å². The number of carbonyl (C=O) groups is 1. The molecule has 7 heteroatoms. The maximum atomic E-state index is 12.2. The fourth-order valence-electron chi connectivity index (χ4n) is 2.95. The Bertz CT molecular complexity index is 1170. The highest BCUT2D eigenvalue weighted by Gasteiger charge is 2.17. The summed E-state index contributed by atoms with van der Waals surface area (Å²) >= 11 is 5.95. The Morgan fingerprint density at radius 1 is 1.07 bits per heavy atom. The van der Waals surface area contributed by atoms with Crippen molar-refractivity contribution in [2.45, 2.75) is 6.54 Å². The second-order valence-electron chi connectivity index (χ2n) is 6.15. The number of hydrogen-bond donors (Lipinski definition) is 1. The molecule has 0 fully saturated rings. The summed E-state index contributed by atoms with van der Waals surface area (Å²) in [5.74, 6) is -0.582. The first kappa shape index (κ1) is 17.9. The molecule has 1 N–H and O–H groups in total. The van der Waals surface area contributed by atoms with Gasteiger partial charge in [-0.3, -0.25) is 9.78 Å². The molecule has 4 rings (SSSR count). The molecular formula is C21H15ClN4O2. The van der Waals surface area contributed by atoms with Gasteiger partial charge in [0.2, 0.25) is 5.88 Å². The molecule has 0 bridgehead atoms. The SMILES string of the molecule is O=C(N=Nc1c(O)n(Cc2ccc(Cl)cc2)c2ccccc12)c1cccnc1. The van der Waals surface area contributed by atoms with Crippen molar-refractivity contribution in [1.82, 2.24) is 9.55 Å². The molecule has 0 spiro atoms. The van der Waals surface area contributed by atoms with Crippen LogP contribution < -0.4 is 0 Å². The van der Waals surface area contributed by atoms with Crippen molar-refractivity contribution >= 4 is 34.1 Å². The van der Waals surface area contributed by atoms with E-state index in [1.807, 2.05) is 36.4 Å². The van der Waals surface area contributed by atoms with E-state index in [4.69, 9.17) is 11.6 Å². The Labute approximate surface area is 165 Å². The summed E-state index contributed by atoms with van der Waals surface area (Å²) in [6.07, 6.45) is 3.00. The Kier molecular flexibility index (Phi) is 4.87. The normalized spacial score (nSPS) is 11.3. The van der Waals surface area contributed by atoms with E-state index in [2.05, 4.69) is 15.2 Å². The van der Waals surface area contributed by atoms with Crippen LogP contribution in [0.15, 0.2) is 83.3 Å². The lowest BCUT2D eigenvalue weighted by atomic mass is 10.2. The van der Waals surface area contributed by atoms with Gasteiger partial charge < -0.3 is 9.67 Å². The first-order valence-corrected chi connectivity index (χ1v) is 8.92. The van der Waals surface area contributed by atoms with Crippen molar-refractivity contribution in [3.05, 3.63) is 89.2 Å². The van der Waals surface area contributed by atoms with Gasteiger partial charge in [0.25, 0.3) is 5.91 Å². The zero-order chi connectivity index (χ0) is 19.5. The average Bonchev–Trinajstić information content (AvgIpc) is 3.00. The summed E-state index contributed by atoms with van der Waals surface area (Å²) < 4.78 is 1.72. The lowest BCUT2D eigenvalue weighted by molar-refractivity contribution is 0.0994. The number of carbonyl (C=O) groups excluding carboxylic acids is 1. The van der Waals surface area contributed by atoms with Crippen molar-refractivity contribution in [3.8, 4) is 5.88 Å². The molecule has 0 aliphatic carbocycles. The molecule has 0 saturated heterocycles.